The lowest BCUT2D eigenvalue weighted by molar-refractivity contribution is -0.142. The summed E-state index contributed by atoms with van der Waals surface area (Å²) in [5.41, 5.74) is 1.26. The fourth-order valence-electron chi connectivity index (χ4n) is 1.63. The van der Waals surface area contributed by atoms with Crippen LogP contribution in [0.1, 0.15) is 19.4 Å². The Bertz CT molecular complexity index is 436. The molecule has 2 N–H and O–H groups in total. The number of benzene rings is 1. The molecular formula is C15H21NO3S. The largest absolute Gasteiger partial charge is 0.481 e. The number of carbonyl (C=O) groups excluding carboxylic acids is 1. The molecule has 0 bridgehead atoms. The maximum absolute atomic E-state index is 11.7. The number of aryl methyl sites for hydroxylation is 1. The Balaban J connectivity index is 2.19. The van der Waals surface area contributed by atoms with Gasteiger partial charge in [-0.15, -0.1) is 0 Å². The second kappa shape index (κ2) is 8.64. The predicted molar refractivity (Wildman–Crippen MR) is 81.9 cm³/mol. The molecule has 0 aliphatic rings. The fraction of sp³-hybridized carbons (Fsp3) is 0.467. The molecule has 5 heteroatoms. The van der Waals surface area contributed by atoms with Gasteiger partial charge in [0.1, 0.15) is 0 Å². The van der Waals surface area contributed by atoms with Crippen molar-refractivity contribution in [1.82, 2.24) is 5.32 Å². The van der Waals surface area contributed by atoms with Gasteiger partial charge in [0.25, 0.3) is 0 Å². The van der Waals surface area contributed by atoms with Crippen LogP contribution in [0.25, 0.3) is 0 Å². The number of nitrogens with one attached hydrogen (secondary N) is 1. The van der Waals surface area contributed by atoms with Crippen molar-refractivity contribution in [3.63, 3.8) is 0 Å². The van der Waals surface area contributed by atoms with Gasteiger partial charge >= 0.3 is 5.97 Å². The first-order chi connectivity index (χ1) is 9.50. The summed E-state index contributed by atoms with van der Waals surface area (Å²) in [6, 6.07) is 9.77. The standard InChI is InChI=1S/C15H21NO3S/c1-11(15(18)19)12(2)16-14(17)10-20-9-8-13-6-4-3-5-7-13/h3-7,11-12H,8-10H2,1-2H3,(H,16,17)(H,18,19). The van der Waals surface area contributed by atoms with Crippen LogP contribution in [-0.4, -0.2) is 34.5 Å². The summed E-state index contributed by atoms with van der Waals surface area (Å²) in [4.78, 5) is 22.4. The number of carboxylic acids is 1. The van der Waals surface area contributed by atoms with Gasteiger partial charge in [0.2, 0.25) is 5.91 Å². The summed E-state index contributed by atoms with van der Waals surface area (Å²) in [7, 11) is 0. The van der Waals surface area contributed by atoms with Gasteiger partial charge in [-0.2, -0.15) is 11.8 Å². The summed E-state index contributed by atoms with van der Waals surface area (Å²) in [5, 5.41) is 11.6. The van der Waals surface area contributed by atoms with E-state index in [-0.39, 0.29) is 11.9 Å². The van der Waals surface area contributed by atoms with Crippen LogP contribution in [0.2, 0.25) is 0 Å². The molecule has 2 atom stereocenters. The van der Waals surface area contributed by atoms with E-state index in [1.54, 1.807) is 25.6 Å². The number of aliphatic carboxylic acids is 1. The highest BCUT2D eigenvalue weighted by molar-refractivity contribution is 7.99. The number of amides is 1. The third-order valence-electron chi connectivity index (χ3n) is 3.14. The van der Waals surface area contributed by atoms with E-state index in [4.69, 9.17) is 5.11 Å². The van der Waals surface area contributed by atoms with Crippen molar-refractivity contribution in [1.29, 1.82) is 0 Å². The van der Waals surface area contributed by atoms with Crippen LogP contribution in [0.5, 0.6) is 0 Å². The molecule has 20 heavy (non-hydrogen) atoms. The van der Waals surface area contributed by atoms with E-state index < -0.39 is 11.9 Å². The lowest BCUT2D eigenvalue weighted by atomic mass is 10.0. The number of hydrogen-bond donors (Lipinski definition) is 2. The second-order valence-corrected chi connectivity index (χ2v) is 5.88. The summed E-state index contributed by atoms with van der Waals surface area (Å²) in [6.45, 7) is 3.31. The van der Waals surface area contributed by atoms with Crippen LogP contribution in [0.4, 0.5) is 0 Å². The number of hydrogen-bond acceptors (Lipinski definition) is 3. The average Bonchev–Trinajstić information content (AvgIpc) is 2.43. The molecule has 0 radical (unpaired) electrons. The van der Waals surface area contributed by atoms with Crippen LogP contribution < -0.4 is 5.32 Å². The maximum atomic E-state index is 11.7. The maximum Gasteiger partial charge on any atom is 0.308 e. The summed E-state index contributed by atoms with van der Waals surface area (Å²) in [6.07, 6.45) is 0.930. The zero-order chi connectivity index (χ0) is 15.0. The molecule has 1 amide bonds. The minimum absolute atomic E-state index is 0.108. The molecule has 0 heterocycles. The SMILES string of the molecule is CC(NC(=O)CSCCc1ccccc1)C(C)C(=O)O. The molecule has 1 aromatic carbocycles. The Morgan fingerprint density at radius 3 is 2.50 bits per heavy atom. The Labute approximate surface area is 124 Å². The van der Waals surface area contributed by atoms with Crippen molar-refractivity contribution < 1.29 is 14.7 Å². The lowest BCUT2D eigenvalue weighted by Crippen LogP contribution is -2.40. The van der Waals surface area contributed by atoms with Crippen molar-refractivity contribution >= 4 is 23.6 Å². The van der Waals surface area contributed by atoms with Crippen molar-refractivity contribution in [3.05, 3.63) is 35.9 Å². The molecule has 0 aliphatic carbocycles. The molecule has 110 valence electrons. The zero-order valence-electron chi connectivity index (χ0n) is 11.8. The number of carbonyl (C=O) groups is 2. The van der Waals surface area contributed by atoms with Crippen molar-refractivity contribution in [2.24, 2.45) is 5.92 Å². The van der Waals surface area contributed by atoms with Gasteiger partial charge in [0, 0.05) is 6.04 Å². The average molecular weight is 295 g/mol. The topological polar surface area (TPSA) is 66.4 Å². The van der Waals surface area contributed by atoms with E-state index in [1.165, 1.54) is 5.56 Å². The molecule has 4 nitrogen and oxygen atoms in total. The molecule has 0 spiro atoms. The first-order valence-electron chi connectivity index (χ1n) is 6.64. The molecule has 0 saturated heterocycles. The van der Waals surface area contributed by atoms with Crippen LogP contribution >= 0.6 is 11.8 Å². The molecular weight excluding hydrogens is 274 g/mol. The molecule has 1 aromatic rings. The Morgan fingerprint density at radius 2 is 1.90 bits per heavy atom. The molecule has 0 fully saturated rings. The van der Waals surface area contributed by atoms with Gasteiger partial charge in [-0.25, -0.2) is 0 Å². The van der Waals surface area contributed by atoms with Crippen LogP contribution in [-0.2, 0) is 16.0 Å². The first-order valence-corrected chi connectivity index (χ1v) is 7.80. The van der Waals surface area contributed by atoms with E-state index in [0.717, 1.165) is 12.2 Å². The number of thioether (sulfide) groups is 1. The Hall–Kier alpha value is -1.49. The van der Waals surface area contributed by atoms with Gasteiger partial charge < -0.3 is 10.4 Å². The Morgan fingerprint density at radius 1 is 1.25 bits per heavy atom. The lowest BCUT2D eigenvalue weighted by Gasteiger charge is -2.17. The van der Waals surface area contributed by atoms with E-state index in [0.29, 0.717) is 5.75 Å². The highest BCUT2D eigenvalue weighted by atomic mass is 32.2. The summed E-state index contributed by atoms with van der Waals surface area (Å²) >= 11 is 1.56. The highest BCUT2D eigenvalue weighted by Crippen LogP contribution is 2.08. The van der Waals surface area contributed by atoms with Crippen molar-refractivity contribution in [3.8, 4) is 0 Å². The molecule has 1 rings (SSSR count). The second-order valence-electron chi connectivity index (χ2n) is 4.77. The zero-order valence-corrected chi connectivity index (χ0v) is 12.7. The first kappa shape index (κ1) is 16.6. The van der Waals surface area contributed by atoms with Gasteiger partial charge in [0.05, 0.1) is 11.7 Å². The minimum atomic E-state index is -0.894. The van der Waals surface area contributed by atoms with E-state index in [2.05, 4.69) is 17.4 Å². The van der Waals surface area contributed by atoms with E-state index in [9.17, 15) is 9.59 Å². The third kappa shape index (κ3) is 6.10. The van der Waals surface area contributed by atoms with Crippen LogP contribution in [0.15, 0.2) is 30.3 Å². The van der Waals surface area contributed by atoms with Crippen molar-refractivity contribution in [2.45, 2.75) is 26.3 Å². The quantitative estimate of drug-likeness (QED) is 0.722. The fourth-order valence-corrected chi connectivity index (χ4v) is 2.43. The summed E-state index contributed by atoms with van der Waals surface area (Å²) in [5.74, 6) is -0.337. The predicted octanol–water partition coefficient (Wildman–Crippen LogP) is 2.19. The number of carboxylic acid groups (broad SMARTS) is 1. The molecule has 0 aliphatic heterocycles. The van der Waals surface area contributed by atoms with Crippen molar-refractivity contribution in [2.75, 3.05) is 11.5 Å². The van der Waals surface area contributed by atoms with Gasteiger partial charge in [0.15, 0.2) is 0 Å². The normalized spacial score (nSPS) is 13.5. The van der Waals surface area contributed by atoms with Gasteiger partial charge in [-0.3, -0.25) is 9.59 Å². The van der Waals surface area contributed by atoms with Gasteiger partial charge in [-0.1, -0.05) is 30.3 Å². The molecule has 0 aromatic heterocycles. The monoisotopic (exact) mass is 295 g/mol. The molecule has 0 saturated carbocycles. The van der Waals surface area contributed by atoms with Crippen LogP contribution in [0.3, 0.4) is 0 Å². The number of rotatable bonds is 8. The smallest absolute Gasteiger partial charge is 0.308 e. The summed E-state index contributed by atoms with van der Waals surface area (Å²) < 4.78 is 0. The highest BCUT2D eigenvalue weighted by Gasteiger charge is 2.20. The third-order valence-corrected chi connectivity index (χ3v) is 4.10. The van der Waals surface area contributed by atoms with E-state index in [1.807, 2.05) is 18.2 Å². The Kier molecular flexibility index (Phi) is 7.15. The van der Waals surface area contributed by atoms with Gasteiger partial charge in [-0.05, 0) is 31.6 Å². The van der Waals surface area contributed by atoms with Crippen LogP contribution in [0, 0.1) is 5.92 Å². The molecule has 2 unspecified atom stereocenters. The minimum Gasteiger partial charge on any atom is -0.481 e. The van der Waals surface area contributed by atoms with E-state index >= 15 is 0 Å².